The number of rotatable bonds is 6. The van der Waals surface area contributed by atoms with Gasteiger partial charge in [0.2, 0.25) is 5.91 Å². The summed E-state index contributed by atoms with van der Waals surface area (Å²) < 4.78 is 5.16. The van der Waals surface area contributed by atoms with E-state index in [2.05, 4.69) is 22.3 Å². The number of hydrogen-bond donors (Lipinski definition) is 2. The highest BCUT2D eigenvalue weighted by Crippen LogP contribution is 2.25. The standard InChI is InChI=1S/C17H26N2O3/c1-18-16(20)10-17(21)7-4-8-19(13-17)11-14-5-3-6-15(9-14)12-22-2/h3,5-6,9,21H,4,7-8,10-13H2,1-2H3,(H,18,20). The predicted octanol–water partition coefficient (Wildman–Crippen LogP) is 1.30. The number of carbonyl (C=O) groups is 1. The summed E-state index contributed by atoms with van der Waals surface area (Å²) in [5.74, 6) is -0.105. The van der Waals surface area contributed by atoms with Crippen LogP contribution in [0.25, 0.3) is 0 Å². The van der Waals surface area contributed by atoms with Crippen molar-refractivity contribution < 1.29 is 14.6 Å². The Morgan fingerprint density at radius 3 is 2.95 bits per heavy atom. The number of amides is 1. The van der Waals surface area contributed by atoms with Crippen molar-refractivity contribution >= 4 is 5.91 Å². The summed E-state index contributed by atoms with van der Waals surface area (Å²) in [5, 5.41) is 13.2. The molecule has 2 rings (SSSR count). The van der Waals surface area contributed by atoms with Crippen LogP contribution >= 0.6 is 0 Å². The zero-order chi connectivity index (χ0) is 16.0. The zero-order valence-electron chi connectivity index (χ0n) is 13.5. The average Bonchev–Trinajstić information content (AvgIpc) is 2.47. The molecule has 122 valence electrons. The van der Waals surface area contributed by atoms with E-state index in [1.165, 1.54) is 5.56 Å². The first kappa shape index (κ1) is 16.9. The van der Waals surface area contributed by atoms with E-state index in [0.717, 1.165) is 25.1 Å². The average molecular weight is 306 g/mol. The predicted molar refractivity (Wildman–Crippen MR) is 85.3 cm³/mol. The van der Waals surface area contributed by atoms with Gasteiger partial charge in [-0.1, -0.05) is 24.3 Å². The van der Waals surface area contributed by atoms with Gasteiger partial charge in [0.25, 0.3) is 0 Å². The quantitative estimate of drug-likeness (QED) is 0.831. The lowest BCUT2D eigenvalue weighted by atomic mass is 9.89. The summed E-state index contributed by atoms with van der Waals surface area (Å²) in [6, 6.07) is 8.30. The molecule has 0 radical (unpaired) electrons. The minimum atomic E-state index is -0.914. The van der Waals surface area contributed by atoms with Crippen LogP contribution in [0.5, 0.6) is 0 Å². The largest absolute Gasteiger partial charge is 0.388 e. The van der Waals surface area contributed by atoms with Gasteiger partial charge >= 0.3 is 0 Å². The van der Waals surface area contributed by atoms with Crippen LogP contribution in [-0.4, -0.2) is 48.8 Å². The molecule has 1 aromatic carbocycles. The number of hydrogen-bond acceptors (Lipinski definition) is 4. The molecule has 0 aromatic heterocycles. The first-order valence-electron chi connectivity index (χ1n) is 7.77. The van der Waals surface area contributed by atoms with Gasteiger partial charge in [-0.3, -0.25) is 9.69 Å². The Morgan fingerprint density at radius 1 is 1.45 bits per heavy atom. The van der Waals surface area contributed by atoms with E-state index in [1.54, 1.807) is 14.2 Å². The third kappa shape index (κ3) is 4.80. The molecule has 1 atom stereocenters. The van der Waals surface area contributed by atoms with Crippen molar-refractivity contribution in [2.45, 2.75) is 38.0 Å². The Balaban J connectivity index is 1.97. The Labute approximate surface area is 132 Å². The van der Waals surface area contributed by atoms with E-state index >= 15 is 0 Å². The van der Waals surface area contributed by atoms with E-state index in [1.807, 2.05) is 12.1 Å². The topological polar surface area (TPSA) is 61.8 Å². The summed E-state index contributed by atoms with van der Waals surface area (Å²) in [4.78, 5) is 13.8. The highest BCUT2D eigenvalue weighted by molar-refractivity contribution is 5.76. The fourth-order valence-corrected chi connectivity index (χ4v) is 3.12. The number of nitrogens with one attached hydrogen (secondary N) is 1. The molecule has 0 aliphatic carbocycles. The molecule has 1 unspecified atom stereocenters. The number of methoxy groups -OCH3 is 1. The maximum Gasteiger partial charge on any atom is 0.222 e. The van der Waals surface area contributed by atoms with E-state index < -0.39 is 5.60 Å². The molecule has 1 amide bonds. The number of ether oxygens (including phenoxy) is 1. The fraction of sp³-hybridized carbons (Fsp3) is 0.588. The lowest BCUT2D eigenvalue weighted by molar-refractivity contribution is -0.128. The molecule has 0 saturated carbocycles. The number of β-amino-alcohol motifs (C(OH)–C–C–N with tert-alkyl or cyclic N) is 1. The fourth-order valence-electron chi connectivity index (χ4n) is 3.12. The summed E-state index contributed by atoms with van der Waals surface area (Å²) in [6.07, 6.45) is 1.76. The molecule has 1 aliphatic rings. The number of likely N-dealkylation sites (tertiary alicyclic amines) is 1. The minimum Gasteiger partial charge on any atom is -0.388 e. The Kier molecular flexibility index (Phi) is 5.94. The van der Waals surface area contributed by atoms with E-state index in [4.69, 9.17) is 4.74 Å². The maximum atomic E-state index is 11.6. The van der Waals surface area contributed by atoms with Crippen LogP contribution in [0.1, 0.15) is 30.4 Å². The third-order valence-electron chi connectivity index (χ3n) is 4.11. The molecule has 5 nitrogen and oxygen atoms in total. The van der Waals surface area contributed by atoms with Gasteiger partial charge in [-0.25, -0.2) is 0 Å². The van der Waals surface area contributed by atoms with Crippen LogP contribution in [0, 0.1) is 0 Å². The van der Waals surface area contributed by atoms with Gasteiger partial charge in [-0.05, 0) is 30.5 Å². The van der Waals surface area contributed by atoms with Crippen LogP contribution in [0.3, 0.4) is 0 Å². The van der Waals surface area contributed by atoms with Gasteiger partial charge in [0.05, 0.1) is 18.6 Å². The second kappa shape index (κ2) is 7.72. The number of benzene rings is 1. The highest BCUT2D eigenvalue weighted by atomic mass is 16.5. The number of piperidine rings is 1. The Morgan fingerprint density at radius 2 is 2.23 bits per heavy atom. The van der Waals surface area contributed by atoms with Gasteiger partial charge in [-0.2, -0.15) is 0 Å². The smallest absolute Gasteiger partial charge is 0.222 e. The normalized spacial score (nSPS) is 22.5. The van der Waals surface area contributed by atoms with Crippen molar-refractivity contribution in [3.05, 3.63) is 35.4 Å². The van der Waals surface area contributed by atoms with Crippen molar-refractivity contribution in [3.8, 4) is 0 Å². The molecular weight excluding hydrogens is 280 g/mol. The molecule has 2 N–H and O–H groups in total. The molecular formula is C17H26N2O3. The minimum absolute atomic E-state index is 0.105. The van der Waals surface area contributed by atoms with Gasteiger partial charge in [0.15, 0.2) is 0 Å². The lowest BCUT2D eigenvalue weighted by Crippen LogP contribution is -2.49. The zero-order valence-corrected chi connectivity index (χ0v) is 13.5. The van der Waals surface area contributed by atoms with Crippen molar-refractivity contribution in [1.82, 2.24) is 10.2 Å². The van der Waals surface area contributed by atoms with E-state index in [0.29, 0.717) is 19.6 Å². The first-order chi connectivity index (χ1) is 10.5. The van der Waals surface area contributed by atoms with Crippen LogP contribution < -0.4 is 5.32 Å². The molecule has 0 bridgehead atoms. The second-order valence-corrected chi connectivity index (χ2v) is 6.14. The molecule has 0 spiro atoms. The highest BCUT2D eigenvalue weighted by Gasteiger charge is 2.35. The Bertz CT molecular complexity index is 506. The summed E-state index contributed by atoms with van der Waals surface area (Å²) in [7, 11) is 3.30. The lowest BCUT2D eigenvalue weighted by Gasteiger charge is -2.39. The van der Waals surface area contributed by atoms with Gasteiger partial charge < -0.3 is 15.2 Å². The molecule has 1 aromatic rings. The van der Waals surface area contributed by atoms with Crippen molar-refractivity contribution in [2.24, 2.45) is 0 Å². The third-order valence-corrected chi connectivity index (χ3v) is 4.11. The maximum absolute atomic E-state index is 11.6. The molecule has 22 heavy (non-hydrogen) atoms. The van der Waals surface area contributed by atoms with E-state index in [9.17, 15) is 9.90 Å². The van der Waals surface area contributed by atoms with Crippen molar-refractivity contribution in [2.75, 3.05) is 27.2 Å². The number of nitrogens with zero attached hydrogens (tertiary/aromatic N) is 1. The number of carbonyl (C=O) groups excluding carboxylic acids is 1. The van der Waals surface area contributed by atoms with Crippen molar-refractivity contribution in [3.63, 3.8) is 0 Å². The molecule has 1 fully saturated rings. The van der Waals surface area contributed by atoms with Crippen molar-refractivity contribution in [1.29, 1.82) is 0 Å². The molecule has 5 heteroatoms. The summed E-state index contributed by atoms with van der Waals surface area (Å²) >= 11 is 0. The van der Waals surface area contributed by atoms with Crippen LogP contribution in [0.15, 0.2) is 24.3 Å². The SMILES string of the molecule is CNC(=O)CC1(O)CCCN(Cc2cccc(COC)c2)C1. The Hall–Kier alpha value is -1.43. The van der Waals surface area contributed by atoms with Gasteiger partial charge in [-0.15, -0.1) is 0 Å². The molecule has 1 aliphatic heterocycles. The van der Waals surface area contributed by atoms with Crippen LogP contribution in [0.2, 0.25) is 0 Å². The van der Waals surface area contributed by atoms with Crippen LogP contribution in [-0.2, 0) is 22.7 Å². The number of aliphatic hydroxyl groups is 1. The second-order valence-electron chi connectivity index (χ2n) is 6.14. The monoisotopic (exact) mass is 306 g/mol. The van der Waals surface area contributed by atoms with Gasteiger partial charge in [0.1, 0.15) is 0 Å². The van der Waals surface area contributed by atoms with Gasteiger partial charge in [0, 0.05) is 27.2 Å². The first-order valence-corrected chi connectivity index (χ1v) is 7.77. The summed E-state index contributed by atoms with van der Waals surface area (Å²) in [6.45, 7) is 2.88. The summed E-state index contributed by atoms with van der Waals surface area (Å²) in [5.41, 5.74) is 1.44. The molecule has 1 heterocycles. The molecule has 1 saturated heterocycles. The van der Waals surface area contributed by atoms with E-state index in [-0.39, 0.29) is 12.3 Å². The van der Waals surface area contributed by atoms with Crippen LogP contribution in [0.4, 0.5) is 0 Å².